The van der Waals surface area contributed by atoms with Gasteiger partial charge in [-0.1, -0.05) is 11.6 Å². The lowest BCUT2D eigenvalue weighted by Crippen LogP contribution is -2.44. The minimum absolute atomic E-state index is 0.0502. The number of hydrogen-bond acceptors (Lipinski definition) is 4. The molecular formula is C23H26ClF3N2O4. The maximum absolute atomic E-state index is 12.5. The van der Waals surface area contributed by atoms with Crippen LogP contribution in [0.4, 0.5) is 13.2 Å². The molecule has 0 saturated heterocycles. The van der Waals surface area contributed by atoms with Crippen molar-refractivity contribution in [2.45, 2.75) is 63.4 Å². The van der Waals surface area contributed by atoms with Crippen LogP contribution >= 0.6 is 11.6 Å². The summed E-state index contributed by atoms with van der Waals surface area (Å²) in [5.74, 6) is -1.19. The Balaban J connectivity index is 1.13. The maximum atomic E-state index is 12.5. The van der Waals surface area contributed by atoms with Crippen LogP contribution in [0.3, 0.4) is 0 Å². The molecule has 0 bridgehead atoms. The van der Waals surface area contributed by atoms with Gasteiger partial charge < -0.3 is 19.8 Å². The monoisotopic (exact) mass is 486 g/mol. The molecule has 0 atom stereocenters. The zero-order valence-corrected chi connectivity index (χ0v) is 18.7. The first-order valence-corrected chi connectivity index (χ1v) is 11.5. The van der Waals surface area contributed by atoms with Crippen molar-refractivity contribution < 1.29 is 31.9 Å². The van der Waals surface area contributed by atoms with Gasteiger partial charge in [0.2, 0.25) is 11.8 Å². The molecule has 2 aliphatic carbocycles. The highest BCUT2D eigenvalue weighted by Crippen LogP contribution is 2.42. The first kappa shape index (κ1) is 23.9. The predicted octanol–water partition coefficient (Wildman–Crippen LogP) is 4.73. The van der Waals surface area contributed by atoms with Crippen molar-refractivity contribution in [1.82, 2.24) is 10.6 Å². The summed E-state index contributed by atoms with van der Waals surface area (Å²) in [7, 11) is 0. The number of fused-ring (bicyclic) bond motifs is 1. The van der Waals surface area contributed by atoms with E-state index in [0.29, 0.717) is 42.0 Å². The van der Waals surface area contributed by atoms with Gasteiger partial charge in [0.15, 0.2) is 0 Å². The fourth-order valence-electron chi connectivity index (χ4n) is 4.41. The van der Waals surface area contributed by atoms with Crippen molar-refractivity contribution in [1.29, 1.82) is 0 Å². The number of furan rings is 1. The number of amides is 2. The second-order valence-electron chi connectivity index (χ2n) is 8.87. The molecule has 0 unspecified atom stereocenters. The summed E-state index contributed by atoms with van der Waals surface area (Å²) in [5, 5.41) is 7.26. The van der Waals surface area contributed by atoms with Crippen LogP contribution in [0.15, 0.2) is 28.7 Å². The van der Waals surface area contributed by atoms with E-state index in [1.807, 2.05) is 6.07 Å². The number of carbonyl (C=O) groups is 2. The van der Waals surface area contributed by atoms with Crippen LogP contribution in [0.1, 0.15) is 44.3 Å². The molecule has 33 heavy (non-hydrogen) atoms. The van der Waals surface area contributed by atoms with Crippen LogP contribution in [0, 0.1) is 11.8 Å². The molecule has 10 heteroatoms. The van der Waals surface area contributed by atoms with Gasteiger partial charge in [-0.15, -0.1) is 0 Å². The van der Waals surface area contributed by atoms with E-state index in [9.17, 15) is 22.8 Å². The Morgan fingerprint density at radius 3 is 2.55 bits per heavy atom. The van der Waals surface area contributed by atoms with E-state index in [0.717, 1.165) is 5.39 Å². The summed E-state index contributed by atoms with van der Waals surface area (Å²) in [6.07, 6.45) is -2.26. The van der Waals surface area contributed by atoms with Gasteiger partial charge >= 0.3 is 6.18 Å². The topological polar surface area (TPSA) is 80.6 Å². The van der Waals surface area contributed by atoms with Gasteiger partial charge in [-0.2, -0.15) is 13.2 Å². The van der Waals surface area contributed by atoms with Gasteiger partial charge in [0.1, 0.15) is 18.0 Å². The van der Waals surface area contributed by atoms with Gasteiger partial charge in [-0.3, -0.25) is 9.59 Å². The molecule has 2 aromatic rings. The van der Waals surface area contributed by atoms with Crippen LogP contribution in [-0.4, -0.2) is 36.7 Å². The lowest BCUT2D eigenvalue weighted by Gasteiger charge is -2.36. The van der Waals surface area contributed by atoms with E-state index in [-0.39, 0.29) is 49.8 Å². The Bertz CT molecular complexity index is 995. The average molecular weight is 487 g/mol. The quantitative estimate of drug-likeness (QED) is 0.592. The van der Waals surface area contributed by atoms with Crippen LogP contribution in [0.2, 0.25) is 5.02 Å². The molecule has 2 aliphatic rings. The Morgan fingerprint density at radius 2 is 1.85 bits per heavy atom. The van der Waals surface area contributed by atoms with Gasteiger partial charge in [-0.05, 0) is 62.8 Å². The van der Waals surface area contributed by atoms with Crippen LogP contribution < -0.4 is 10.6 Å². The van der Waals surface area contributed by atoms with E-state index in [1.54, 1.807) is 18.2 Å². The Morgan fingerprint density at radius 1 is 1.12 bits per heavy atom. The molecule has 1 aromatic carbocycles. The molecule has 0 radical (unpaired) electrons. The maximum Gasteiger partial charge on any atom is 0.392 e. The molecule has 2 N–H and O–H groups in total. The van der Waals surface area contributed by atoms with Gasteiger partial charge in [0, 0.05) is 22.4 Å². The second kappa shape index (κ2) is 9.93. The minimum atomic E-state index is -4.19. The highest BCUT2D eigenvalue weighted by atomic mass is 35.5. The number of alkyl halides is 3. The zero-order valence-electron chi connectivity index (χ0n) is 17.9. The van der Waals surface area contributed by atoms with Crippen molar-refractivity contribution in [3.05, 3.63) is 35.0 Å². The summed E-state index contributed by atoms with van der Waals surface area (Å²) >= 11 is 5.98. The molecule has 6 nitrogen and oxygen atoms in total. The molecule has 1 heterocycles. The number of rotatable bonds is 7. The fourth-order valence-corrected chi connectivity index (χ4v) is 4.59. The van der Waals surface area contributed by atoms with E-state index in [4.69, 9.17) is 20.8 Å². The van der Waals surface area contributed by atoms with Crippen LogP contribution in [0.25, 0.3) is 11.0 Å². The number of benzene rings is 1. The molecule has 2 fully saturated rings. The van der Waals surface area contributed by atoms with Crippen molar-refractivity contribution in [2.75, 3.05) is 6.61 Å². The number of halogens is 4. The predicted molar refractivity (Wildman–Crippen MR) is 115 cm³/mol. The third-order valence-corrected chi connectivity index (χ3v) is 6.67. The lowest BCUT2D eigenvalue weighted by molar-refractivity contribution is -0.219. The Kier molecular flexibility index (Phi) is 7.19. The highest BCUT2D eigenvalue weighted by molar-refractivity contribution is 6.31. The molecule has 0 aliphatic heterocycles. The van der Waals surface area contributed by atoms with Gasteiger partial charge in [-0.25, -0.2) is 0 Å². The normalized spacial score (nSPS) is 25.5. The Hall–Kier alpha value is -2.26. The number of hydrogen-bond donors (Lipinski definition) is 2. The average Bonchev–Trinajstić information content (AvgIpc) is 3.12. The van der Waals surface area contributed by atoms with Crippen molar-refractivity contribution >= 4 is 34.4 Å². The van der Waals surface area contributed by atoms with Crippen molar-refractivity contribution in [3.63, 3.8) is 0 Å². The summed E-state index contributed by atoms with van der Waals surface area (Å²) in [6, 6.07) is 7.13. The van der Waals surface area contributed by atoms with E-state index in [2.05, 4.69) is 10.6 Å². The Labute approximate surface area is 194 Å². The number of nitrogens with one attached hydrogen (secondary N) is 2. The first-order chi connectivity index (χ1) is 15.7. The lowest BCUT2D eigenvalue weighted by atomic mass is 9.82. The number of carbonyl (C=O) groups excluding carboxylic acids is 2. The molecular weight excluding hydrogens is 461 g/mol. The highest BCUT2D eigenvalue weighted by Gasteiger charge is 2.48. The van der Waals surface area contributed by atoms with E-state index >= 15 is 0 Å². The standard InChI is InChI=1S/C23H26ClF3N2O4/c24-16-3-6-20-14(7-16)8-19(33-20)11-28-22(31)13-1-4-17(5-2-13)29-21(30)12-32-18-9-15(10-18)23(25,26)27/h3,6-8,13,15,17-18H,1-2,4-5,9-12H2,(H,28,31)(H,29,30)/t13-,15-,17-,18+. The van der Waals surface area contributed by atoms with Crippen molar-refractivity contribution in [3.8, 4) is 0 Å². The van der Waals surface area contributed by atoms with E-state index < -0.39 is 18.2 Å². The summed E-state index contributed by atoms with van der Waals surface area (Å²) in [5.41, 5.74) is 0.710. The largest absolute Gasteiger partial charge is 0.459 e. The first-order valence-electron chi connectivity index (χ1n) is 11.1. The van der Waals surface area contributed by atoms with Gasteiger partial charge in [0.25, 0.3) is 0 Å². The number of ether oxygens (including phenoxy) is 1. The molecule has 180 valence electrons. The molecule has 4 rings (SSSR count). The smallest absolute Gasteiger partial charge is 0.392 e. The SMILES string of the molecule is O=C(CO[C@H]1C[C@@H](C(F)(F)F)C1)N[C@H]1CC[C@H](C(=O)NCc2cc3cc(Cl)ccc3o2)CC1. The zero-order chi connectivity index (χ0) is 23.6. The van der Waals surface area contributed by atoms with Crippen LogP contribution in [0.5, 0.6) is 0 Å². The summed E-state index contributed by atoms with van der Waals surface area (Å²) in [6.45, 7) is 0.0495. The summed E-state index contributed by atoms with van der Waals surface area (Å²) in [4.78, 5) is 24.6. The van der Waals surface area contributed by atoms with Crippen molar-refractivity contribution in [2.24, 2.45) is 11.8 Å². The molecule has 0 spiro atoms. The third-order valence-electron chi connectivity index (χ3n) is 6.44. The molecule has 1 aromatic heterocycles. The molecule has 2 amide bonds. The molecule has 2 saturated carbocycles. The third kappa shape index (κ3) is 6.20. The summed E-state index contributed by atoms with van der Waals surface area (Å²) < 4.78 is 48.5. The van der Waals surface area contributed by atoms with E-state index in [1.165, 1.54) is 0 Å². The second-order valence-corrected chi connectivity index (χ2v) is 9.31. The van der Waals surface area contributed by atoms with Gasteiger partial charge in [0.05, 0.1) is 18.6 Å². The van der Waals surface area contributed by atoms with Crippen LogP contribution in [-0.2, 0) is 20.9 Å². The minimum Gasteiger partial charge on any atom is -0.459 e. The fraction of sp³-hybridized carbons (Fsp3) is 0.565.